The summed E-state index contributed by atoms with van der Waals surface area (Å²) in [5.41, 5.74) is 4.43. The van der Waals surface area contributed by atoms with Gasteiger partial charge in [-0.3, -0.25) is 4.79 Å². The number of hydrogen-bond donors (Lipinski definition) is 0. The predicted octanol–water partition coefficient (Wildman–Crippen LogP) is 4.22. The first-order valence-electron chi connectivity index (χ1n) is 8.34. The summed E-state index contributed by atoms with van der Waals surface area (Å²) < 4.78 is 3.81. The Morgan fingerprint density at radius 1 is 1.08 bits per heavy atom. The minimum absolute atomic E-state index is 0.0131. The summed E-state index contributed by atoms with van der Waals surface area (Å²) in [7, 11) is 0. The molecule has 0 spiro atoms. The molecule has 0 radical (unpaired) electrons. The van der Waals surface area contributed by atoms with Crippen LogP contribution in [0.2, 0.25) is 5.02 Å². The second kappa shape index (κ2) is 6.05. The zero-order chi connectivity index (χ0) is 17.6. The van der Waals surface area contributed by atoms with Crippen LogP contribution in [0.15, 0.2) is 53.3 Å². The number of rotatable bonds is 3. The van der Waals surface area contributed by atoms with Crippen molar-refractivity contribution in [3.8, 4) is 0 Å². The summed E-state index contributed by atoms with van der Waals surface area (Å²) in [6, 6.07) is 15.5. The lowest BCUT2D eigenvalue weighted by Gasteiger charge is -2.16. The molecule has 2 heterocycles. The van der Waals surface area contributed by atoms with Gasteiger partial charge in [-0.15, -0.1) is 0 Å². The van der Waals surface area contributed by atoms with Crippen molar-refractivity contribution < 1.29 is 0 Å². The van der Waals surface area contributed by atoms with Crippen molar-refractivity contribution in [3.63, 3.8) is 0 Å². The molecule has 0 atom stereocenters. The highest BCUT2D eigenvalue weighted by molar-refractivity contribution is 6.31. The number of hydrogen-bond acceptors (Lipinski definition) is 2. The number of para-hydroxylation sites is 2. The molecule has 0 aliphatic rings. The van der Waals surface area contributed by atoms with Crippen molar-refractivity contribution in [2.75, 3.05) is 0 Å². The fourth-order valence-electron chi connectivity index (χ4n) is 3.39. The van der Waals surface area contributed by atoms with E-state index in [1.165, 1.54) is 0 Å². The Hall–Kier alpha value is -2.59. The SMILES string of the molecule is CCc1c(C)n(Cc2ccccc2Cl)c2nc3ccccc3n2c1=O. The van der Waals surface area contributed by atoms with Gasteiger partial charge < -0.3 is 4.57 Å². The highest BCUT2D eigenvalue weighted by Crippen LogP contribution is 2.21. The predicted molar refractivity (Wildman–Crippen MR) is 102 cm³/mol. The first kappa shape index (κ1) is 15.9. The fourth-order valence-corrected chi connectivity index (χ4v) is 3.59. The Kier molecular flexibility index (Phi) is 3.85. The van der Waals surface area contributed by atoms with E-state index in [4.69, 9.17) is 16.6 Å². The summed E-state index contributed by atoms with van der Waals surface area (Å²) in [5, 5.41) is 0.716. The van der Waals surface area contributed by atoms with Gasteiger partial charge in [0, 0.05) is 16.3 Å². The van der Waals surface area contributed by atoms with Crippen LogP contribution in [0.1, 0.15) is 23.7 Å². The van der Waals surface area contributed by atoms with Crippen molar-refractivity contribution in [2.45, 2.75) is 26.8 Å². The minimum Gasteiger partial charge on any atom is -0.311 e. The number of halogens is 1. The van der Waals surface area contributed by atoms with Crippen LogP contribution in [-0.4, -0.2) is 14.0 Å². The number of nitrogens with zero attached hydrogens (tertiary/aromatic N) is 3. The molecule has 4 aromatic rings. The average molecular weight is 352 g/mol. The molecule has 4 nitrogen and oxygen atoms in total. The lowest BCUT2D eigenvalue weighted by molar-refractivity contribution is 0.734. The third-order valence-electron chi connectivity index (χ3n) is 4.73. The lowest BCUT2D eigenvalue weighted by atomic mass is 10.1. The maximum atomic E-state index is 13.0. The Bertz CT molecular complexity index is 1160. The van der Waals surface area contributed by atoms with E-state index in [0.717, 1.165) is 27.9 Å². The van der Waals surface area contributed by atoms with Crippen molar-refractivity contribution in [1.29, 1.82) is 0 Å². The summed E-state index contributed by atoms with van der Waals surface area (Å²) in [5.74, 6) is 0.654. The zero-order valence-electron chi connectivity index (χ0n) is 14.2. The molecule has 0 aliphatic carbocycles. The largest absolute Gasteiger partial charge is 0.311 e. The molecule has 4 rings (SSSR count). The van der Waals surface area contributed by atoms with Gasteiger partial charge in [0.2, 0.25) is 5.78 Å². The van der Waals surface area contributed by atoms with Gasteiger partial charge in [-0.25, -0.2) is 9.38 Å². The smallest absolute Gasteiger partial charge is 0.262 e. The highest BCUT2D eigenvalue weighted by atomic mass is 35.5. The van der Waals surface area contributed by atoms with E-state index < -0.39 is 0 Å². The van der Waals surface area contributed by atoms with Gasteiger partial charge in [0.05, 0.1) is 17.6 Å². The first-order valence-corrected chi connectivity index (χ1v) is 8.72. The first-order chi connectivity index (χ1) is 12.1. The molecule has 126 valence electrons. The maximum Gasteiger partial charge on any atom is 0.262 e. The lowest BCUT2D eigenvalue weighted by Crippen LogP contribution is -2.25. The molecule has 25 heavy (non-hydrogen) atoms. The van der Waals surface area contributed by atoms with Crippen LogP contribution in [0.3, 0.4) is 0 Å². The second-order valence-electron chi connectivity index (χ2n) is 6.14. The molecule has 0 bridgehead atoms. The van der Waals surface area contributed by atoms with E-state index in [9.17, 15) is 4.79 Å². The maximum absolute atomic E-state index is 13.0. The molecule has 2 aromatic carbocycles. The van der Waals surface area contributed by atoms with E-state index in [2.05, 4.69) is 4.57 Å². The van der Waals surface area contributed by atoms with Crippen LogP contribution in [-0.2, 0) is 13.0 Å². The highest BCUT2D eigenvalue weighted by Gasteiger charge is 2.17. The van der Waals surface area contributed by atoms with E-state index in [-0.39, 0.29) is 5.56 Å². The topological polar surface area (TPSA) is 39.3 Å². The molecule has 5 heteroatoms. The van der Waals surface area contributed by atoms with Crippen LogP contribution in [0.5, 0.6) is 0 Å². The van der Waals surface area contributed by atoms with Crippen LogP contribution in [0.4, 0.5) is 0 Å². The van der Waals surface area contributed by atoms with Crippen molar-refractivity contribution >= 4 is 28.4 Å². The van der Waals surface area contributed by atoms with Gasteiger partial charge in [0.1, 0.15) is 0 Å². The molecule has 0 aliphatic heterocycles. The summed E-state index contributed by atoms with van der Waals surface area (Å²) >= 11 is 6.36. The molecule has 0 amide bonds. The molecule has 0 fully saturated rings. The van der Waals surface area contributed by atoms with Gasteiger partial charge in [-0.2, -0.15) is 0 Å². The number of benzene rings is 2. The van der Waals surface area contributed by atoms with Crippen molar-refractivity contribution in [3.05, 3.63) is 80.7 Å². The van der Waals surface area contributed by atoms with Crippen LogP contribution in [0, 0.1) is 6.92 Å². The van der Waals surface area contributed by atoms with E-state index >= 15 is 0 Å². The quantitative estimate of drug-likeness (QED) is 0.554. The van der Waals surface area contributed by atoms with Gasteiger partial charge in [-0.05, 0) is 37.1 Å². The molecular weight excluding hydrogens is 334 g/mol. The third-order valence-corrected chi connectivity index (χ3v) is 5.10. The minimum atomic E-state index is 0.0131. The van der Waals surface area contributed by atoms with Crippen LogP contribution in [0.25, 0.3) is 16.8 Å². The van der Waals surface area contributed by atoms with E-state index in [1.54, 1.807) is 4.40 Å². The standard InChI is InChI=1S/C20H18ClN3O/c1-3-15-13(2)23(12-14-8-4-5-9-16(14)21)20-22-17-10-6-7-11-18(17)24(20)19(15)25/h4-11H,3,12H2,1-2H3. The Labute approximate surface area is 150 Å². The van der Waals surface area contributed by atoms with Crippen molar-refractivity contribution in [1.82, 2.24) is 14.0 Å². The molecule has 2 aromatic heterocycles. The Morgan fingerprint density at radius 2 is 1.80 bits per heavy atom. The molecule has 0 unspecified atom stereocenters. The Morgan fingerprint density at radius 3 is 2.56 bits per heavy atom. The van der Waals surface area contributed by atoms with E-state index in [1.807, 2.05) is 62.4 Å². The monoisotopic (exact) mass is 351 g/mol. The van der Waals surface area contributed by atoms with Gasteiger partial charge in [0.25, 0.3) is 5.56 Å². The Balaban J connectivity index is 2.09. The van der Waals surface area contributed by atoms with Crippen LogP contribution < -0.4 is 5.56 Å². The fraction of sp³-hybridized carbons (Fsp3) is 0.200. The van der Waals surface area contributed by atoms with Gasteiger partial charge in [-0.1, -0.05) is 48.9 Å². The zero-order valence-corrected chi connectivity index (χ0v) is 14.9. The van der Waals surface area contributed by atoms with Crippen LogP contribution >= 0.6 is 11.6 Å². The average Bonchev–Trinajstić information content (AvgIpc) is 3.00. The van der Waals surface area contributed by atoms with Crippen molar-refractivity contribution in [2.24, 2.45) is 0 Å². The molecular formula is C20H18ClN3O. The molecule has 0 N–H and O–H groups in total. The summed E-state index contributed by atoms with van der Waals surface area (Å²) in [4.78, 5) is 17.7. The number of aromatic nitrogens is 3. The molecule has 0 saturated carbocycles. The van der Waals surface area contributed by atoms with E-state index in [0.29, 0.717) is 23.8 Å². The normalized spacial score (nSPS) is 11.5. The number of imidazole rings is 1. The van der Waals surface area contributed by atoms with Gasteiger partial charge >= 0.3 is 0 Å². The van der Waals surface area contributed by atoms with Gasteiger partial charge in [0.15, 0.2) is 0 Å². The third kappa shape index (κ3) is 2.45. The second-order valence-corrected chi connectivity index (χ2v) is 6.54. The summed E-state index contributed by atoms with van der Waals surface area (Å²) in [6.07, 6.45) is 0.676. The summed E-state index contributed by atoms with van der Waals surface area (Å²) in [6.45, 7) is 4.57. The number of fused-ring (bicyclic) bond motifs is 3. The molecule has 0 saturated heterocycles.